The Labute approximate surface area is 134 Å². The lowest BCUT2D eigenvalue weighted by atomic mass is 10.3. The van der Waals surface area contributed by atoms with Gasteiger partial charge in [-0.2, -0.15) is 0 Å². The van der Waals surface area contributed by atoms with E-state index in [1.54, 1.807) is 42.3 Å². The molecule has 0 saturated heterocycles. The molecule has 0 aliphatic heterocycles. The van der Waals surface area contributed by atoms with Crippen molar-refractivity contribution in [2.45, 2.75) is 11.8 Å². The molecule has 1 aromatic carbocycles. The SMILES string of the molecule is Cc1noc(C=CN(C)C)c1S(=O)(=O)Nc1cccc(Cl)c1. The summed E-state index contributed by atoms with van der Waals surface area (Å²) in [5.41, 5.74) is 0.656. The number of nitrogens with zero attached hydrogens (tertiary/aromatic N) is 2. The number of anilines is 1. The maximum atomic E-state index is 12.6. The molecule has 6 nitrogen and oxygen atoms in total. The van der Waals surface area contributed by atoms with Gasteiger partial charge in [0.1, 0.15) is 5.69 Å². The maximum Gasteiger partial charge on any atom is 0.267 e. The summed E-state index contributed by atoms with van der Waals surface area (Å²) in [7, 11) is -0.195. The van der Waals surface area contributed by atoms with E-state index in [1.165, 1.54) is 6.07 Å². The molecule has 22 heavy (non-hydrogen) atoms. The molecular weight excluding hydrogens is 326 g/mol. The number of hydrogen-bond acceptors (Lipinski definition) is 5. The van der Waals surface area contributed by atoms with Gasteiger partial charge in [0.15, 0.2) is 10.7 Å². The fourth-order valence-corrected chi connectivity index (χ4v) is 3.31. The first-order chi connectivity index (χ1) is 10.3. The predicted octanol–water partition coefficient (Wildman–Crippen LogP) is 2.97. The first kappa shape index (κ1) is 16.4. The van der Waals surface area contributed by atoms with Crippen molar-refractivity contribution in [1.29, 1.82) is 0 Å². The Hall–Kier alpha value is -1.99. The monoisotopic (exact) mass is 341 g/mol. The molecule has 0 amide bonds. The minimum absolute atomic E-state index is 0.00516. The van der Waals surface area contributed by atoms with Gasteiger partial charge in [-0.3, -0.25) is 4.72 Å². The molecule has 2 rings (SSSR count). The zero-order valence-corrected chi connectivity index (χ0v) is 13.9. The van der Waals surface area contributed by atoms with E-state index < -0.39 is 10.0 Å². The normalized spacial score (nSPS) is 11.8. The van der Waals surface area contributed by atoms with E-state index in [0.29, 0.717) is 10.7 Å². The Morgan fingerprint density at radius 1 is 1.36 bits per heavy atom. The second kappa shape index (κ2) is 6.41. The topological polar surface area (TPSA) is 75.4 Å². The van der Waals surface area contributed by atoms with E-state index in [2.05, 4.69) is 9.88 Å². The highest BCUT2D eigenvalue weighted by atomic mass is 35.5. The van der Waals surface area contributed by atoms with Crippen LogP contribution in [-0.4, -0.2) is 32.6 Å². The van der Waals surface area contributed by atoms with Crippen LogP contribution in [-0.2, 0) is 10.0 Å². The summed E-state index contributed by atoms with van der Waals surface area (Å²) < 4.78 is 32.7. The van der Waals surface area contributed by atoms with E-state index in [0.717, 1.165) is 0 Å². The average Bonchev–Trinajstić information content (AvgIpc) is 2.78. The highest BCUT2D eigenvalue weighted by Gasteiger charge is 2.25. The lowest BCUT2D eigenvalue weighted by molar-refractivity contribution is 0.405. The molecule has 0 atom stereocenters. The molecule has 118 valence electrons. The van der Waals surface area contributed by atoms with Gasteiger partial charge in [0.2, 0.25) is 0 Å². The van der Waals surface area contributed by atoms with Crippen LogP contribution in [0.25, 0.3) is 6.08 Å². The Balaban J connectivity index is 2.39. The van der Waals surface area contributed by atoms with Crippen LogP contribution in [0.4, 0.5) is 5.69 Å². The lowest BCUT2D eigenvalue weighted by Crippen LogP contribution is -2.14. The third kappa shape index (κ3) is 3.80. The third-order valence-corrected chi connectivity index (χ3v) is 4.48. The van der Waals surface area contributed by atoms with Crippen molar-refractivity contribution in [1.82, 2.24) is 10.1 Å². The minimum Gasteiger partial charge on any atom is -0.383 e. The van der Waals surface area contributed by atoms with Crippen LogP contribution in [0.15, 0.2) is 39.9 Å². The van der Waals surface area contributed by atoms with Crippen LogP contribution in [0.1, 0.15) is 11.5 Å². The summed E-state index contributed by atoms with van der Waals surface area (Å²) in [6.45, 7) is 1.57. The number of sulfonamides is 1. The maximum absolute atomic E-state index is 12.6. The quantitative estimate of drug-likeness (QED) is 0.904. The molecule has 1 aromatic heterocycles. The second-order valence-electron chi connectivity index (χ2n) is 4.86. The van der Waals surface area contributed by atoms with Gasteiger partial charge >= 0.3 is 0 Å². The number of aromatic nitrogens is 1. The molecule has 0 unspecified atom stereocenters. The summed E-state index contributed by atoms with van der Waals surface area (Å²) in [5, 5.41) is 4.17. The van der Waals surface area contributed by atoms with Gasteiger partial charge in [0, 0.05) is 31.4 Å². The van der Waals surface area contributed by atoms with Gasteiger partial charge in [-0.1, -0.05) is 22.8 Å². The first-order valence-corrected chi connectivity index (χ1v) is 8.25. The molecular formula is C14H16ClN3O3S. The van der Waals surface area contributed by atoms with E-state index >= 15 is 0 Å². The first-order valence-electron chi connectivity index (χ1n) is 6.39. The predicted molar refractivity (Wildman–Crippen MR) is 86.2 cm³/mol. The number of nitrogens with one attached hydrogen (secondary N) is 1. The fraction of sp³-hybridized carbons (Fsp3) is 0.214. The Morgan fingerprint density at radius 3 is 2.73 bits per heavy atom. The van der Waals surface area contributed by atoms with Gasteiger partial charge < -0.3 is 9.42 Å². The summed E-state index contributed by atoms with van der Waals surface area (Å²) in [4.78, 5) is 1.77. The molecule has 0 saturated carbocycles. The van der Waals surface area contributed by atoms with E-state index in [9.17, 15) is 8.42 Å². The second-order valence-corrected chi connectivity index (χ2v) is 6.91. The van der Waals surface area contributed by atoms with Crippen LogP contribution >= 0.6 is 11.6 Å². The van der Waals surface area contributed by atoms with Crippen LogP contribution in [0, 0.1) is 6.92 Å². The summed E-state index contributed by atoms with van der Waals surface area (Å²) in [6.07, 6.45) is 3.23. The van der Waals surface area contributed by atoms with Crippen LogP contribution in [0.3, 0.4) is 0 Å². The largest absolute Gasteiger partial charge is 0.383 e. The highest BCUT2D eigenvalue weighted by Crippen LogP contribution is 2.25. The van der Waals surface area contributed by atoms with E-state index in [1.807, 2.05) is 14.1 Å². The van der Waals surface area contributed by atoms with Crippen molar-refractivity contribution >= 4 is 33.4 Å². The number of rotatable bonds is 5. The third-order valence-electron chi connectivity index (χ3n) is 2.70. The van der Waals surface area contributed by atoms with Crippen LogP contribution < -0.4 is 4.72 Å². The number of aryl methyl sites for hydroxylation is 1. The molecule has 0 bridgehead atoms. The average molecular weight is 342 g/mol. The zero-order chi connectivity index (χ0) is 16.3. The molecule has 0 spiro atoms. The molecule has 0 fully saturated rings. The van der Waals surface area contributed by atoms with Gasteiger partial charge in [-0.05, 0) is 25.1 Å². The van der Waals surface area contributed by atoms with Crippen molar-refractivity contribution in [3.63, 3.8) is 0 Å². The van der Waals surface area contributed by atoms with E-state index in [4.69, 9.17) is 16.1 Å². The molecule has 1 N–H and O–H groups in total. The molecule has 1 heterocycles. The smallest absolute Gasteiger partial charge is 0.267 e. The van der Waals surface area contributed by atoms with Gasteiger partial charge in [-0.15, -0.1) is 0 Å². The zero-order valence-electron chi connectivity index (χ0n) is 12.4. The van der Waals surface area contributed by atoms with E-state index in [-0.39, 0.29) is 16.3 Å². The summed E-state index contributed by atoms with van der Waals surface area (Å²) in [5.74, 6) is 0.167. The Kier molecular flexibility index (Phi) is 4.77. The van der Waals surface area contributed by atoms with Crippen molar-refractivity contribution in [3.05, 3.63) is 46.9 Å². The molecule has 0 aliphatic carbocycles. The van der Waals surface area contributed by atoms with Crippen molar-refractivity contribution < 1.29 is 12.9 Å². The molecule has 8 heteroatoms. The van der Waals surface area contributed by atoms with Crippen molar-refractivity contribution in [2.75, 3.05) is 18.8 Å². The Bertz CT molecular complexity index is 797. The van der Waals surface area contributed by atoms with Crippen molar-refractivity contribution in [2.24, 2.45) is 0 Å². The fourth-order valence-electron chi connectivity index (χ4n) is 1.79. The standard InChI is InChI=1S/C14H16ClN3O3S/c1-10-14(13(21-16-10)7-8-18(2)3)22(19,20)17-12-6-4-5-11(15)9-12/h4-9,17H,1-3H3. The van der Waals surface area contributed by atoms with Crippen LogP contribution in [0.5, 0.6) is 0 Å². The highest BCUT2D eigenvalue weighted by molar-refractivity contribution is 7.92. The summed E-state index contributed by atoms with van der Waals surface area (Å²) >= 11 is 5.86. The summed E-state index contributed by atoms with van der Waals surface area (Å²) in [6, 6.07) is 6.46. The molecule has 2 aromatic rings. The Morgan fingerprint density at radius 2 is 2.09 bits per heavy atom. The van der Waals surface area contributed by atoms with Gasteiger partial charge in [0.05, 0.1) is 5.69 Å². The van der Waals surface area contributed by atoms with Crippen LogP contribution in [0.2, 0.25) is 5.02 Å². The molecule has 0 radical (unpaired) electrons. The number of halogens is 1. The van der Waals surface area contributed by atoms with Gasteiger partial charge in [-0.25, -0.2) is 8.42 Å². The lowest BCUT2D eigenvalue weighted by Gasteiger charge is -2.08. The van der Waals surface area contributed by atoms with Gasteiger partial charge in [0.25, 0.3) is 10.0 Å². The number of hydrogen-bond donors (Lipinski definition) is 1. The number of benzene rings is 1. The minimum atomic E-state index is -3.83. The molecule has 0 aliphatic rings. The van der Waals surface area contributed by atoms with Crippen molar-refractivity contribution in [3.8, 4) is 0 Å².